The molecule has 106 valence electrons. The van der Waals surface area contributed by atoms with Crippen molar-refractivity contribution in [2.45, 2.75) is 19.5 Å². The molecule has 0 aliphatic rings. The molecule has 1 aromatic rings. The summed E-state index contributed by atoms with van der Waals surface area (Å²) in [6.45, 7) is 6.36. The monoisotopic (exact) mass is 284 g/mol. The molecule has 0 aliphatic carbocycles. The number of carbonyl (C=O) groups excluding carboxylic acids is 1. The minimum Gasteiger partial charge on any atom is -0.497 e. The van der Waals surface area contributed by atoms with E-state index in [1.165, 1.54) is 0 Å². The second kappa shape index (κ2) is 8.56. The van der Waals surface area contributed by atoms with Crippen LogP contribution in [0.3, 0.4) is 0 Å². The highest BCUT2D eigenvalue weighted by atomic mass is 35.5. The lowest BCUT2D eigenvalue weighted by atomic mass is 10.2. The highest BCUT2D eigenvalue weighted by Crippen LogP contribution is 2.13. The van der Waals surface area contributed by atoms with E-state index >= 15 is 0 Å². The molecule has 0 bridgehead atoms. The Labute approximate surface area is 120 Å². The Morgan fingerprint density at radius 3 is 2.47 bits per heavy atom. The summed E-state index contributed by atoms with van der Waals surface area (Å²) in [5, 5.41) is 0. The van der Waals surface area contributed by atoms with Gasteiger partial charge >= 0.3 is 0 Å². The Balaban J connectivity index is 0.00000324. The normalized spacial score (nSPS) is 11.1. The third-order valence-corrected chi connectivity index (χ3v) is 2.58. The first-order chi connectivity index (χ1) is 8.58. The molecule has 1 amide bonds. The lowest BCUT2D eigenvalue weighted by Gasteiger charge is -2.23. The fraction of sp³-hybridized carbons (Fsp3) is 0.357. The number of hydrogen-bond acceptors (Lipinski definition) is 3. The van der Waals surface area contributed by atoms with Crippen molar-refractivity contribution in [2.24, 2.45) is 5.73 Å². The van der Waals surface area contributed by atoms with E-state index < -0.39 is 6.04 Å². The van der Waals surface area contributed by atoms with Crippen LogP contribution in [0, 0.1) is 0 Å². The van der Waals surface area contributed by atoms with Gasteiger partial charge in [0.25, 0.3) is 0 Å². The van der Waals surface area contributed by atoms with Gasteiger partial charge in [0.1, 0.15) is 5.75 Å². The standard InChI is InChI=1S/C14H20N2O2.ClH/c1-4-9-16(14(17)11(2)15)10-12-5-7-13(18-3)8-6-12;/h4-8,11H,1,9-10,15H2,2-3H3;1H/t11-;/m0./s1. The molecule has 0 heterocycles. The average molecular weight is 285 g/mol. The first-order valence-electron chi connectivity index (χ1n) is 5.86. The largest absolute Gasteiger partial charge is 0.497 e. The highest BCUT2D eigenvalue weighted by molar-refractivity contribution is 5.85. The van der Waals surface area contributed by atoms with Gasteiger partial charge in [-0.25, -0.2) is 0 Å². The number of amides is 1. The number of ether oxygens (including phenoxy) is 1. The molecule has 0 spiro atoms. The summed E-state index contributed by atoms with van der Waals surface area (Å²) in [4.78, 5) is 13.6. The van der Waals surface area contributed by atoms with Gasteiger partial charge in [0, 0.05) is 13.1 Å². The van der Waals surface area contributed by atoms with Crippen molar-refractivity contribution in [3.05, 3.63) is 42.5 Å². The van der Waals surface area contributed by atoms with E-state index in [1.54, 1.807) is 25.0 Å². The molecule has 0 aromatic heterocycles. The zero-order chi connectivity index (χ0) is 13.5. The van der Waals surface area contributed by atoms with Gasteiger partial charge in [-0.05, 0) is 24.6 Å². The smallest absolute Gasteiger partial charge is 0.239 e. The molecule has 0 aliphatic heterocycles. The first-order valence-corrected chi connectivity index (χ1v) is 5.86. The summed E-state index contributed by atoms with van der Waals surface area (Å²) in [7, 11) is 1.62. The minimum atomic E-state index is -0.497. The van der Waals surface area contributed by atoms with Crippen LogP contribution < -0.4 is 10.5 Å². The van der Waals surface area contributed by atoms with Crippen molar-refractivity contribution >= 4 is 18.3 Å². The van der Waals surface area contributed by atoms with Crippen molar-refractivity contribution in [3.8, 4) is 5.75 Å². The summed E-state index contributed by atoms with van der Waals surface area (Å²) in [5.41, 5.74) is 6.65. The SMILES string of the molecule is C=CCN(Cc1ccc(OC)cc1)C(=O)[C@H](C)N.Cl. The molecule has 0 unspecified atom stereocenters. The lowest BCUT2D eigenvalue weighted by molar-refractivity contribution is -0.132. The Hall–Kier alpha value is -1.52. The van der Waals surface area contributed by atoms with Gasteiger partial charge in [-0.1, -0.05) is 18.2 Å². The number of nitrogens with two attached hydrogens (primary N) is 1. The second-order valence-electron chi connectivity index (χ2n) is 4.14. The molecule has 4 nitrogen and oxygen atoms in total. The Morgan fingerprint density at radius 2 is 2.05 bits per heavy atom. The van der Waals surface area contributed by atoms with Crippen LogP contribution in [0.4, 0.5) is 0 Å². The van der Waals surface area contributed by atoms with Crippen LogP contribution in [-0.2, 0) is 11.3 Å². The Kier molecular flexibility index (Phi) is 7.87. The van der Waals surface area contributed by atoms with Gasteiger partial charge in [0.2, 0.25) is 5.91 Å². The summed E-state index contributed by atoms with van der Waals surface area (Å²) < 4.78 is 5.09. The van der Waals surface area contributed by atoms with E-state index in [0.29, 0.717) is 13.1 Å². The van der Waals surface area contributed by atoms with Crippen LogP contribution in [0.5, 0.6) is 5.75 Å². The molecule has 0 saturated carbocycles. The molecule has 1 atom stereocenters. The van der Waals surface area contributed by atoms with Gasteiger partial charge in [-0.2, -0.15) is 0 Å². The van der Waals surface area contributed by atoms with Crippen molar-refractivity contribution in [1.82, 2.24) is 4.90 Å². The number of methoxy groups -OCH3 is 1. The topological polar surface area (TPSA) is 55.6 Å². The second-order valence-corrected chi connectivity index (χ2v) is 4.14. The van der Waals surface area contributed by atoms with Crippen molar-refractivity contribution < 1.29 is 9.53 Å². The predicted molar refractivity (Wildman–Crippen MR) is 79.5 cm³/mol. The number of benzene rings is 1. The van der Waals surface area contributed by atoms with Gasteiger partial charge in [0.05, 0.1) is 13.2 Å². The van der Waals surface area contributed by atoms with Gasteiger partial charge < -0.3 is 15.4 Å². The number of rotatable bonds is 6. The maximum absolute atomic E-state index is 11.9. The van der Waals surface area contributed by atoms with Gasteiger partial charge in [0.15, 0.2) is 0 Å². The predicted octanol–water partition coefficient (Wildman–Crippen LogP) is 1.98. The maximum Gasteiger partial charge on any atom is 0.239 e. The van der Waals surface area contributed by atoms with Crippen LogP contribution in [0.25, 0.3) is 0 Å². The number of nitrogens with zero attached hydrogens (tertiary/aromatic N) is 1. The van der Waals surface area contributed by atoms with E-state index in [-0.39, 0.29) is 18.3 Å². The molecule has 2 N–H and O–H groups in total. The molecular formula is C14H21ClN2O2. The number of hydrogen-bond donors (Lipinski definition) is 1. The minimum absolute atomic E-state index is 0. The third kappa shape index (κ3) is 5.32. The fourth-order valence-corrected chi connectivity index (χ4v) is 1.63. The highest BCUT2D eigenvalue weighted by Gasteiger charge is 2.16. The molecule has 1 rings (SSSR count). The first kappa shape index (κ1) is 17.5. The molecule has 19 heavy (non-hydrogen) atoms. The number of carbonyl (C=O) groups is 1. The van der Waals surface area contributed by atoms with Gasteiger partial charge in [-0.15, -0.1) is 19.0 Å². The Morgan fingerprint density at radius 1 is 1.47 bits per heavy atom. The summed E-state index contributed by atoms with van der Waals surface area (Å²) in [5.74, 6) is 0.721. The third-order valence-electron chi connectivity index (χ3n) is 2.58. The average Bonchev–Trinajstić information content (AvgIpc) is 2.38. The lowest BCUT2D eigenvalue weighted by Crippen LogP contribution is -2.41. The van der Waals surface area contributed by atoms with Gasteiger partial charge in [-0.3, -0.25) is 4.79 Å². The fourth-order valence-electron chi connectivity index (χ4n) is 1.63. The van der Waals surface area contributed by atoms with Crippen LogP contribution in [0.1, 0.15) is 12.5 Å². The molecular weight excluding hydrogens is 264 g/mol. The zero-order valence-electron chi connectivity index (χ0n) is 11.3. The van der Waals surface area contributed by atoms with Crippen LogP contribution in [0.15, 0.2) is 36.9 Å². The van der Waals surface area contributed by atoms with E-state index in [1.807, 2.05) is 24.3 Å². The summed E-state index contributed by atoms with van der Waals surface area (Å²) >= 11 is 0. The molecule has 0 radical (unpaired) electrons. The molecule has 0 fully saturated rings. The van der Waals surface area contributed by atoms with Crippen molar-refractivity contribution in [3.63, 3.8) is 0 Å². The zero-order valence-corrected chi connectivity index (χ0v) is 12.2. The molecule has 0 saturated heterocycles. The van der Waals surface area contributed by atoms with E-state index in [4.69, 9.17) is 10.5 Å². The van der Waals surface area contributed by atoms with Crippen LogP contribution >= 0.6 is 12.4 Å². The summed E-state index contributed by atoms with van der Waals surface area (Å²) in [6, 6.07) is 7.12. The number of halogens is 1. The van der Waals surface area contributed by atoms with Crippen LogP contribution in [0.2, 0.25) is 0 Å². The maximum atomic E-state index is 11.9. The van der Waals surface area contributed by atoms with Crippen molar-refractivity contribution in [2.75, 3.05) is 13.7 Å². The van der Waals surface area contributed by atoms with E-state index in [0.717, 1.165) is 11.3 Å². The molecule has 5 heteroatoms. The van der Waals surface area contributed by atoms with Crippen molar-refractivity contribution in [1.29, 1.82) is 0 Å². The van der Waals surface area contributed by atoms with E-state index in [9.17, 15) is 4.79 Å². The van der Waals surface area contributed by atoms with E-state index in [2.05, 4.69) is 6.58 Å². The quantitative estimate of drug-likeness (QED) is 0.813. The van der Waals surface area contributed by atoms with Crippen LogP contribution in [-0.4, -0.2) is 30.5 Å². The Bertz CT molecular complexity index is 404. The summed E-state index contributed by atoms with van der Waals surface area (Å²) in [6.07, 6.45) is 1.70. The molecule has 1 aromatic carbocycles.